The zero-order valence-corrected chi connectivity index (χ0v) is 15.9. The van der Waals surface area contributed by atoms with Gasteiger partial charge in [-0.1, -0.05) is 90.0 Å². The molecule has 0 aromatic heterocycles. The first-order valence-electron chi connectivity index (χ1n) is 9.55. The smallest absolute Gasteiger partial charge is 0.224 e. The van der Waals surface area contributed by atoms with E-state index >= 15 is 0 Å². The molecule has 3 aromatic carbocycles. The normalized spacial score (nSPS) is 17.3. The maximum atomic E-state index is 13.0. The Kier molecular flexibility index (Phi) is 4.57. The third kappa shape index (κ3) is 3.40. The summed E-state index contributed by atoms with van der Waals surface area (Å²) in [5.74, 6) is 0.117. The highest BCUT2D eigenvalue weighted by atomic mass is 16.2. The fourth-order valence-electron chi connectivity index (χ4n) is 4.14. The van der Waals surface area contributed by atoms with Crippen LogP contribution in [0.5, 0.6) is 0 Å². The highest BCUT2D eigenvalue weighted by Crippen LogP contribution is 2.59. The molecule has 0 spiro atoms. The van der Waals surface area contributed by atoms with E-state index in [1.807, 2.05) is 30.3 Å². The number of rotatable bonds is 5. The summed E-state index contributed by atoms with van der Waals surface area (Å²) in [7, 11) is 0. The van der Waals surface area contributed by atoms with Gasteiger partial charge in [-0.05, 0) is 37.0 Å². The molecule has 3 aromatic rings. The van der Waals surface area contributed by atoms with Crippen LogP contribution in [-0.4, -0.2) is 5.91 Å². The molecule has 1 aliphatic rings. The minimum Gasteiger partial charge on any atom is -0.352 e. The number of hydrogen-bond acceptors (Lipinski definition) is 1. The molecule has 0 saturated heterocycles. The number of benzene rings is 3. The molecule has 1 aliphatic carbocycles. The van der Waals surface area contributed by atoms with Crippen molar-refractivity contribution in [1.82, 2.24) is 5.32 Å². The molecule has 2 heteroatoms. The third-order valence-corrected chi connectivity index (χ3v) is 5.65. The monoisotopic (exact) mass is 355 g/mol. The number of amides is 1. The van der Waals surface area contributed by atoms with Gasteiger partial charge in [-0.3, -0.25) is 4.79 Å². The van der Waals surface area contributed by atoms with Crippen molar-refractivity contribution >= 4 is 5.91 Å². The first-order valence-corrected chi connectivity index (χ1v) is 9.55. The first kappa shape index (κ1) is 17.5. The summed E-state index contributed by atoms with van der Waals surface area (Å²) in [6.07, 6.45) is 0.862. The van der Waals surface area contributed by atoms with Gasteiger partial charge in [0, 0.05) is 12.0 Å². The van der Waals surface area contributed by atoms with Crippen LogP contribution in [0.2, 0.25) is 0 Å². The van der Waals surface area contributed by atoms with E-state index < -0.39 is 0 Å². The lowest BCUT2D eigenvalue weighted by atomic mass is 9.84. The summed E-state index contributed by atoms with van der Waals surface area (Å²) in [5, 5.41) is 3.15. The van der Waals surface area contributed by atoms with Crippen LogP contribution < -0.4 is 5.32 Å². The van der Waals surface area contributed by atoms with Crippen LogP contribution in [0.15, 0.2) is 78.9 Å². The van der Waals surface area contributed by atoms with Gasteiger partial charge in [0.1, 0.15) is 0 Å². The molecule has 4 rings (SSSR count). The van der Waals surface area contributed by atoms with Crippen LogP contribution in [0, 0.1) is 19.8 Å². The van der Waals surface area contributed by atoms with Crippen molar-refractivity contribution in [3.8, 4) is 0 Å². The number of carbonyl (C=O) groups is 1. The van der Waals surface area contributed by atoms with E-state index in [1.165, 1.54) is 22.3 Å². The van der Waals surface area contributed by atoms with Gasteiger partial charge >= 0.3 is 0 Å². The Morgan fingerprint density at radius 1 is 0.889 bits per heavy atom. The summed E-state index contributed by atoms with van der Waals surface area (Å²) in [4.78, 5) is 13.0. The average molecular weight is 355 g/mol. The fourth-order valence-corrected chi connectivity index (χ4v) is 4.14. The predicted octanol–water partition coefficient (Wildman–Crippen LogP) is 4.93. The van der Waals surface area contributed by atoms with Crippen LogP contribution in [0.3, 0.4) is 0 Å². The van der Waals surface area contributed by atoms with Crippen molar-refractivity contribution in [1.29, 1.82) is 0 Å². The molecule has 136 valence electrons. The lowest BCUT2D eigenvalue weighted by Gasteiger charge is -2.20. The second-order valence-corrected chi connectivity index (χ2v) is 7.67. The number of carbonyl (C=O) groups excluding carboxylic acids is 1. The molecule has 1 saturated carbocycles. The van der Waals surface area contributed by atoms with Crippen molar-refractivity contribution in [2.24, 2.45) is 5.92 Å². The molecule has 1 N–H and O–H groups in total. The van der Waals surface area contributed by atoms with E-state index in [0.29, 0.717) is 6.54 Å². The molecule has 0 heterocycles. The van der Waals surface area contributed by atoms with Gasteiger partial charge in [-0.2, -0.15) is 0 Å². The molecule has 0 unspecified atom stereocenters. The third-order valence-electron chi connectivity index (χ3n) is 5.65. The molecular weight excluding hydrogens is 330 g/mol. The van der Waals surface area contributed by atoms with Gasteiger partial charge < -0.3 is 5.32 Å². The Hall–Kier alpha value is -2.87. The second kappa shape index (κ2) is 7.03. The molecule has 0 radical (unpaired) electrons. The summed E-state index contributed by atoms with van der Waals surface area (Å²) in [6.45, 7) is 4.80. The Morgan fingerprint density at radius 2 is 1.48 bits per heavy atom. The highest BCUT2D eigenvalue weighted by molar-refractivity contribution is 5.86. The summed E-state index contributed by atoms with van der Waals surface area (Å²) in [5.41, 5.74) is 5.87. The van der Waals surface area contributed by atoms with Gasteiger partial charge in [-0.25, -0.2) is 0 Å². The van der Waals surface area contributed by atoms with Crippen molar-refractivity contribution in [3.05, 3.63) is 107 Å². The van der Waals surface area contributed by atoms with Crippen LogP contribution >= 0.6 is 0 Å². The van der Waals surface area contributed by atoms with Gasteiger partial charge in [0.05, 0.1) is 5.92 Å². The van der Waals surface area contributed by atoms with Crippen LogP contribution in [0.25, 0.3) is 0 Å². The van der Waals surface area contributed by atoms with Crippen molar-refractivity contribution in [2.75, 3.05) is 0 Å². The summed E-state index contributed by atoms with van der Waals surface area (Å²) in [6, 6.07) is 27.3. The summed E-state index contributed by atoms with van der Waals surface area (Å²) >= 11 is 0. The fraction of sp³-hybridized carbons (Fsp3) is 0.240. The number of hydrogen-bond donors (Lipinski definition) is 1. The minimum atomic E-state index is -0.210. The molecule has 0 bridgehead atoms. The maximum Gasteiger partial charge on any atom is 0.224 e. The quantitative estimate of drug-likeness (QED) is 0.691. The Morgan fingerprint density at radius 3 is 2.04 bits per heavy atom. The average Bonchev–Trinajstić information content (AvgIpc) is 3.44. The van der Waals surface area contributed by atoms with Crippen molar-refractivity contribution in [3.63, 3.8) is 0 Å². The zero-order chi connectivity index (χ0) is 18.9. The van der Waals surface area contributed by atoms with E-state index in [-0.39, 0.29) is 17.2 Å². The summed E-state index contributed by atoms with van der Waals surface area (Å²) < 4.78 is 0. The van der Waals surface area contributed by atoms with Crippen LogP contribution in [0.4, 0.5) is 0 Å². The molecule has 1 amide bonds. The van der Waals surface area contributed by atoms with E-state index in [9.17, 15) is 4.79 Å². The van der Waals surface area contributed by atoms with Gasteiger partial charge in [0.2, 0.25) is 5.91 Å². The molecule has 1 fully saturated rings. The first-order chi connectivity index (χ1) is 13.1. The van der Waals surface area contributed by atoms with Crippen molar-refractivity contribution in [2.45, 2.75) is 32.2 Å². The van der Waals surface area contributed by atoms with E-state index in [0.717, 1.165) is 12.0 Å². The van der Waals surface area contributed by atoms with Gasteiger partial charge in [-0.15, -0.1) is 0 Å². The van der Waals surface area contributed by atoms with Gasteiger partial charge in [0.15, 0.2) is 0 Å². The topological polar surface area (TPSA) is 29.1 Å². The molecule has 27 heavy (non-hydrogen) atoms. The molecule has 1 atom stereocenters. The lowest BCUT2D eigenvalue weighted by Crippen LogP contribution is -2.28. The van der Waals surface area contributed by atoms with Gasteiger partial charge in [0.25, 0.3) is 0 Å². The standard InChI is InChI=1S/C25H25NO/c1-18-8-6-12-21(14-18)25(22-13-7-9-19(2)15-22)16-23(25)24(27)26-17-20-10-4-3-5-11-20/h3-15,23H,16-17H2,1-2H3,(H,26,27)/t23-/m1/s1. The van der Waals surface area contributed by atoms with Crippen LogP contribution in [-0.2, 0) is 16.8 Å². The van der Waals surface area contributed by atoms with Crippen molar-refractivity contribution < 1.29 is 4.79 Å². The Balaban J connectivity index is 1.62. The van der Waals surface area contributed by atoms with Crippen LogP contribution in [0.1, 0.15) is 34.2 Å². The van der Waals surface area contributed by atoms with E-state index in [2.05, 4.69) is 67.7 Å². The SMILES string of the molecule is Cc1cccc(C2(c3cccc(C)c3)C[C@@H]2C(=O)NCc2ccccc2)c1. The maximum absolute atomic E-state index is 13.0. The number of aryl methyl sites for hydroxylation is 2. The molecular formula is C25H25NO. The Bertz CT molecular complexity index is 915. The second-order valence-electron chi connectivity index (χ2n) is 7.67. The van der Waals surface area contributed by atoms with E-state index in [1.54, 1.807) is 0 Å². The predicted molar refractivity (Wildman–Crippen MR) is 110 cm³/mol. The zero-order valence-electron chi connectivity index (χ0n) is 15.9. The largest absolute Gasteiger partial charge is 0.352 e. The Labute approximate surface area is 161 Å². The molecule has 2 nitrogen and oxygen atoms in total. The highest BCUT2D eigenvalue weighted by Gasteiger charge is 2.60. The molecule has 0 aliphatic heterocycles. The lowest BCUT2D eigenvalue weighted by molar-refractivity contribution is -0.122. The minimum absolute atomic E-state index is 0.0233. The number of nitrogens with one attached hydrogen (secondary N) is 1. The van der Waals surface area contributed by atoms with E-state index in [4.69, 9.17) is 0 Å².